The van der Waals surface area contributed by atoms with Crippen molar-refractivity contribution in [2.24, 2.45) is 0 Å². The van der Waals surface area contributed by atoms with Crippen molar-refractivity contribution in [1.29, 1.82) is 0 Å². The molecule has 1 aliphatic rings. The van der Waals surface area contributed by atoms with Crippen molar-refractivity contribution in [3.63, 3.8) is 0 Å². The summed E-state index contributed by atoms with van der Waals surface area (Å²) in [5.41, 5.74) is 4.32. The van der Waals surface area contributed by atoms with Crippen LogP contribution in [0.15, 0.2) is 43.1 Å². The van der Waals surface area contributed by atoms with Gasteiger partial charge in [-0.15, -0.1) is 0 Å². The fourth-order valence-electron chi connectivity index (χ4n) is 5.00. The number of hydrogen-bond donors (Lipinski definition) is 4. The Morgan fingerprint density at radius 3 is 2.95 bits per heavy atom. The molecule has 5 rings (SSSR count). The van der Waals surface area contributed by atoms with Gasteiger partial charge < -0.3 is 25.5 Å². The number of rotatable bonds is 15. The molecule has 216 valence electrons. The van der Waals surface area contributed by atoms with Crippen molar-refractivity contribution < 1.29 is 14.6 Å². The molecule has 0 fully saturated rings. The zero-order valence-corrected chi connectivity index (χ0v) is 23.3. The number of nitrogens with one attached hydrogen (secondary N) is 3. The standard InChI is InChI=1S/C29H37N9O3/c1-20-24(8-5-12-30-20)41-17-16-38(14-3-2-7-22-10-9-21-6-4-13-31-26(21)36-22)15-11-23(29(39)40)37-28-25-27(33-18-32-25)34-19-35-28/h5,8-10,12,18-19,23H,2-4,6-7,11,13-17H2,1H3,(H,31,36)(H,39,40)(H2,32,33,34,35,37). The number of unbranched alkanes of at least 4 members (excludes halogenated alkanes) is 1. The highest BCUT2D eigenvalue weighted by Gasteiger charge is 2.21. The highest BCUT2D eigenvalue weighted by molar-refractivity contribution is 5.85. The summed E-state index contributed by atoms with van der Waals surface area (Å²) in [6, 6.07) is 7.28. The first-order valence-electron chi connectivity index (χ1n) is 14.2. The number of pyridine rings is 2. The minimum atomic E-state index is -0.939. The van der Waals surface area contributed by atoms with Crippen LogP contribution in [0.5, 0.6) is 5.75 Å². The third-order valence-electron chi connectivity index (χ3n) is 7.30. The second-order valence-electron chi connectivity index (χ2n) is 10.2. The Labute approximate surface area is 239 Å². The monoisotopic (exact) mass is 559 g/mol. The molecule has 0 aliphatic carbocycles. The number of carboxylic acids is 1. The number of aliphatic carboxylic acids is 1. The number of aromatic amines is 1. The van der Waals surface area contributed by atoms with Gasteiger partial charge in [0.1, 0.15) is 36.1 Å². The molecule has 0 aromatic carbocycles. The first kappa shape index (κ1) is 28.2. The predicted octanol–water partition coefficient (Wildman–Crippen LogP) is 3.47. The summed E-state index contributed by atoms with van der Waals surface area (Å²) in [5.74, 6) is 1.28. The second kappa shape index (κ2) is 13.8. The normalized spacial score (nSPS) is 13.5. The number of carbonyl (C=O) groups is 1. The fraction of sp³-hybridized carbons (Fsp3) is 0.448. The van der Waals surface area contributed by atoms with E-state index in [1.54, 1.807) is 6.20 Å². The lowest BCUT2D eigenvalue weighted by Gasteiger charge is -2.25. The van der Waals surface area contributed by atoms with E-state index in [-0.39, 0.29) is 0 Å². The van der Waals surface area contributed by atoms with E-state index in [0.717, 1.165) is 68.1 Å². The molecule has 12 nitrogen and oxygen atoms in total. The van der Waals surface area contributed by atoms with Gasteiger partial charge >= 0.3 is 5.97 Å². The van der Waals surface area contributed by atoms with Crippen LogP contribution < -0.4 is 15.4 Å². The molecule has 0 saturated heterocycles. The molecule has 4 aromatic heterocycles. The first-order chi connectivity index (χ1) is 20.1. The van der Waals surface area contributed by atoms with E-state index in [1.807, 2.05) is 19.1 Å². The van der Waals surface area contributed by atoms with Gasteiger partial charge in [-0.05, 0) is 75.8 Å². The van der Waals surface area contributed by atoms with Crippen LogP contribution >= 0.6 is 0 Å². The lowest BCUT2D eigenvalue weighted by Crippen LogP contribution is -2.37. The number of imidazole rings is 1. The Morgan fingerprint density at radius 1 is 1.15 bits per heavy atom. The van der Waals surface area contributed by atoms with Crippen molar-refractivity contribution in [2.45, 2.75) is 51.5 Å². The first-order valence-corrected chi connectivity index (χ1v) is 14.2. The predicted molar refractivity (Wildman–Crippen MR) is 156 cm³/mol. The number of ether oxygens (including phenoxy) is 1. The molecule has 1 aliphatic heterocycles. The topological polar surface area (TPSA) is 154 Å². The Hall–Kier alpha value is -4.32. The minimum absolute atomic E-state index is 0.388. The van der Waals surface area contributed by atoms with E-state index in [1.165, 1.54) is 18.2 Å². The van der Waals surface area contributed by atoms with Gasteiger partial charge in [-0.25, -0.2) is 24.7 Å². The second-order valence-corrected chi connectivity index (χ2v) is 10.2. The molecule has 12 heteroatoms. The van der Waals surface area contributed by atoms with E-state index in [4.69, 9.17) is 9.72 Å². The maximum absolute atomic E-state index is 12.2. The van der Waals surface area contributed by atoms with Gasteiger partial charge in [0.2, 0.25) is 0 Å². The Morgan fingerprint density at radius 2 is 2.07 bits per heavy atom. The quantitative estimate of drug-likeness (QED) is 0.158. The molecule has 0 bridgehead atoms. The molecule has 0 amide bonds. The number of fused-ring (bicyclic) bond motifs is 2. The third kappa shape index (κ3) is 7.66. The molecule has 1 unspecified atom stereocenters. The van der Waals surface area contributed by atoms with Crippen molar-refractivity contribution in [3.8, 4) is 5.75 Å². The molecule has 4 N–H and O–H groups in total. The van der Waals surface area contributed by atoms with Crippen LogP contribution in [0.2, 0.25) is 0 Å². The Kier molecular flexibility index (Phi) is 9.53. The van der Waals surface area contributed by atoms with Crippen LogP contribution in [0.3, 0.4) is 0 Å². The van der Waals surface area contributed by atoms with Crippen LogP contribution in [0.4, 0.5) is 11.6 Å². The smallest absolute Gasteiger partial charge is 0.326 e. The Balaban J connectivity index is 1.17. The third-order valence-corrected chi connectivity index (χ3v) is 7.30. The van der Waals surface area contributed by atoms with Crippen LogP contribution in [-0.4, -0.2) is 84.7 Å². The van der Waals surface area contributed by atoms with Gasteiger partial charge in [-0.3, -0.25) is 9.88 Å². The lowest BCUT2D eigenvalue weighted by atomic mass is 10.1. The maximum atomic E-state index is 12.2. The number of anilines is 2. The van der Waals surface area contributed by atoms with E-state index in [0.29, 0.717) is 43.1 Å². The number of H-pyrrole nitrogens is 1. The molecule has 4 aromatic rings. The van der Waals surface area contributed by atoms with E-state index in [9.17, 15) is 9.90 Å². The largest absolute Gasteiger partial charge is 0.490 e. The summed E-state index contributed by atoms with van der Waals surface area (Å²) >= 11 is 0. The van der Waals surface area contributed by atoms with Gasteiger partial charge in [0.15, 0.2) is 11.5 Å². The highest BCUT2D eigenvalue weighted by atomic mass is 16.5. The Bertz CT molecular complexity index is 1440. The molecule has 0 radical (unpaired) electrons. The SMILES string of the molecule is Cc1ncccc1OCCN(CCCCc1ccc2c(n1)NCCC2)CCC(Nc1ncnc2nc[nH]c12)C(=O)O. The number of hydrogen-bond acceptors (Lipinski definition) is 10. The van der Waals surface area contributed by atoms with Crippen LogP contribution in [0, 0.1) is 6.92 Å². The average Bonchev–Trinajstić information content (AvgIpc) is 3.47. The molecular weight excluding hydrogens is 522 g/mol. The van der Waals surface area contributed by atoms with Crippen molar-refractivity contribution >= 4 is 28.8 Å². The van der Waals surface area contributed by atoms with Crippen LogP contribution in [-0.2, 0) is 17.6 Å². The molecular formula is C29H37N9O3. The van der Waals surface area contributed by atoms with Gasteiger partial charge in [-0.1, -0.05) is 6.07 Å². The summed E-state index contributed by atoms with van der Waals surface area (Å²) in [6.45, 7) is 5.46. The van der Waals surface area contributed by atoms with Crippen molar-refractivity contribution in [3.05, 3.63) is 60.1 Å². The zero-order valence-electron chi connectivity index (χ0n) is 23.3. The summed E-state index contributed by atoms with van der Waals surface area (Å²) in [4.78, 5) is 39.0. The average molecular weight is 560 g/mol. The van der Waals surface area contributed by atoms with Crippen molar-refractivity contribution in [1.82, 2.24) is 34.8 Å². The van der Waals surface area contributed by atoms with Crippen LogP contribution in [0.1, 0.15) is 42.6 Å². The minimum Gasteiger partial charge on any atom is -0.490 e. The summed E-state index contributed by atoms with van der Waals surface area (Å²) < 4.78 is 6.00. The zero-order chi connectivity index (χ0) is 28.4. The van der Waals surface area contributed by atoms with Gasteiger partial charge in [0.05, 0.1) is 12.0 Å². The number of nitrogens with zero attached hydrogens (tertiary/aromatic N) is 6. The number of carboxylic acid groups (broad SMARTS) is 1. The van der Waals surface area contributed by atoms with Crippen LogP contribution in [0.25, 0.3) is 11.2 Å². The fourth-order valence-corrected chi connectivity index (χ4v) is 5.00. The number of aromatic nitrogens is 6. The molecule has 1 atom stereocenters. The summed E-state index contributed by atoms with van der Waals surface area (Å²) in [7, 11) is 0. The number of aryl methyl sites for hydroxylation is 3. The van der Waals surface area contributed by atoms with Crippen molar-refractivity contribution in [2.75, 3.05) is 43.4 Å². The summed E-state index contributed by atoms with van der Waals surface area (Å²) in [5, 5.41) is 16.4. The molecule has 0 spiro atoms. The molecule has 5 heterocycles. The van der Waals surface area contributed by atoms with E-state index < -0.39 is 12.0 Å². The molecule has 41 heavy (non-hydrogen) atoms. The lowest BCUT2D eigenvalue weighted by molar-refractivity contribution is -0.138. The van der Waals surface area contributed by atoms with Gasteiger partial charge in [0.25, 0.3) is 0 Å². The van der Waals surface area contributed by atoms with Gasteiger partial charge in [-0.2, -0.15) is 0 Å². The van der Waals surface area contributed by atoms with Gasteiger partial charge in [0, 0.05) is 31.5 Å². The molecule has 0 saturated carbocycles. The maximum Gasteiger partial charge on any atom is 0.326 e. The highest BCUT2D eigenvalue weighted by Crippen LogP contribution is 2.21. The summed E-state index contributed by atoms with van der Waals surface area (Å²) in [6.07, 6.45) is 10.1. The van der Waals surface area contributed by atoms with E-state index >= 15 is 0 Å². The van der Waals surface area contributed by atoms with E-state index in [2.05, 4.69) is 52.6 Å².